The van der Waals surface area contributed by atoms with Crippen LogP contribution in [0.4, 0.5) is 0 Å². The molecule has 0 saturated heterocycles. The summed E-state index contributed by atoms with van der Waals surface area (Å²) < 4.78 is 10.4. The van der Waals surface area contributed by atoms with Crippen LogP contribution in [0.2, 0.25) is 5.02 Å². The number of fused-ring (bicyclic) bond motifs is 1. The van der Waals surface area contributed by atoms with Crippen molar-refractivity contribution in [3.63, 3.8) is 0 Å². The van der Waals surface area contributed by atoms with Crippen LogP contribution >= 0.6 is 11.6 Å². The van der Waals surface area contributed by atoms with E-state index in [2.05, 4.69) is 6.07 Å². The summed E-state index contributed by atoms with van der Waals surface area (Å²) in [7, 11) is 0. The number of nitrogens with zero attached hydrogens (tertiary/aromatic N) is 1. The molecule has 3 nitrogen and oxygen atoms in total. The van der Waals surface area contributed by atoms with Crippen molar-refractivity contribution in [2.75, 3.05) is 6.79 Å². The van der Waals surface area contributed by atoms with E-state index in [0.717, 1.165) is 5.56 Å². The second-order valence-electron chi connectivity index (χ2n) is 2.97. The summed E-state index contributed by atoms with van der Waals surface area (Å²) >= 11 is 5.97. The predicted octanol–water partition coefficient (Wildman–Crippen LogP) is 2.52. The average molecular weight is 210 g/mol. The maximum atomic E-state index is 8.45. The topological polar surface area (TPSA) is 42.2 Å². The standard InChI is InChI=1S/C10H8ClNO2/c11-8-4-7(2-1-3-12)5-9-10(8)14-6-13-9/h4-5H,1-2,6H2. The summed E-state index contributed by atoms with van der Waals surface area (Å²) in [4.78, 5) is 0. The molecule has 1 aliphatic rings. The molecule has 0 atom stereocenters. The molecule has 0 aromatic heterocycles. The van der Waals surface area contributed by atoms with Crippen molar-refractivity contribution < 1.29 is 9.47 Å². The average Bonchev–Trinajstić information content (AvgIpc) is 2.63. The molecule has 72 valence electrons. The van der Waals surface area contributed by atoms with Crippen molar-refractivity contribution in [3.05, 3.63) is 22.7 Å². The van der Waals surface area contributed by atoms with E-state index in [1.54, 1.807) is 0 Å². The van der Waals surface area contributed by atoms with E-state index in [-0.39, 0.29) is 6.79 Å². The van der Waals surface area contributed by atoms with Crippen LogP contribution in [0.15, 0.2) is 12.1 Å². The molecule has 1 heterocycles. The molecule has 0 fully saturated rings. The maximum absolute atomic E-state index is 8.45. The van der Waals surface area contributed by atoms with Gasteiger partial charge in [0.15, 0.2) is 11.5 Å². The minimum Gasteiger partial charge on any atom is -0.454 e. The van der Waals surface area contributed by atoms with E-state index < -0.39 is 0 Å². The van der Waals surface area contributed by atoms with E-state index >= 15 is 0 Å². The first-order valence-electron chi connectivity index (χ1n) is 4.26. The van der Waals surface area contributed by atoms with Crippen LogP contribution in [0.3, 0.4) is 0 Å². The Morgan fingerprint density at radius 2 is 2.29 bits per heavy atom. The molecular weight excluding hydrogens is 202 g/mol. The Labute approximate surface area is 86.8 Å². The second-order valence-corrected chi connectivity index (χ2v) is 3.38. The van der Waals surface area contributed by atoms with Gasteiger partial charge in [-0.3, -0.25) is 0 Å². The number of benzene rings is 1. The monoisotopic (exact) mass is 209 g/mol. The molecule has 4 heteroatoms. The number of ether oxygens (including phenoxy) is 2. The number of halogens is 1. The highest BCUT2D eigenvalue weighted by molar-refractivity contribution is 6.32. The lowest BCUT2D eigenvalue weighted by molar-refractivity contribution is 0.174. The van der Waals surface area contributed by atoms with Gasteiger partial charge in [0.05, 0.1) is 11.1 Å². The zero-order valence-electron chi connectivity index (χ0n) is 7.42. The number of hydrogen-bond donors (Lipinski definition) is 0. The van der Waals surface area contributed by atoms with Gasteiger partial charge in [0.1, 0.15) is 0 Å². The predicted molar refractivity (Wildman–Crippen MR) is 51.5 cm³/mol. The highest BCUT2D eigenvalue weighted by Gasteiger charge is 2.17. The van der Waals surface area contributed by atoms with Crippen LogP contribution in [-0.4, -0.2) is 6.79 Å². The van der Waals surface area contributed by atoms with Gasteiger partial charge in [-0.25, -0.2) is 0 Å². The van der Waals surface area contributed by atoms with Gasteiger partial charge in [0, 0.05) is 6.42 Å². The molecule has 0 spiro atoms. The molecule has 1 aliphatic heterocycles. The van der Waals surface area contributed by atoms with Crippen LogP contribution in [0.1, 0.15) is 12.0 Å². The van der Waals surface area contributed by atoms with Crippen molar-refractivity contribution in [1.29, 1.82) is 5.26 Å². The van der Waals surface area contributed by atoms with Crippen LogP contribution in [0, 0.1) is 11.3 Å². The quantitative estimate of drug-likeness (QED) is 0.752. The minimum absolute atomic E-state index is 0.219. The number of rotatable bonds is 2. The maximum Gasteiger partial charge on any atom is 0.231 e. The zero-order valence-corrected chi connectivity index (χ0v) is 8.17. The van der Waals surface area contributed by atoms with Crippen LogP contribution < -0.4 is 9.47 Å². The Morgan fingerprint density at radius 3 is 3.07 bits per heavy atom. The summed E-state index contributed by atoms with van der Waals surface area (Å²) in [5.74, 6) is 1.28. The Balaban J connectivity index is 2.28. The third-order valence-corrected chi connectivity index (χ3v) is 2.29. The third-order valence-electron chi connectivity index (χ3n) is 2.01. The molecular formula is C10H8ClNO2. The lowest BCUT2D eigenvalue weighted by Gasteiger charge is -2.02. The molecule has 1 aromatic rings. The van der Waals surface area contributed by atoms with Crippen molar-refractivity contribution >= 4 is 11.6 Å². The fraction of sp³-hybridized carbons (Fsp3) is 0.300. The van der Waals surface area contributed by atoms with Gasteiger partial charge < -0.3 is 9.47 Å². The molecule has 0 radical (unpaired) electrons. The van der Waals surface area contributed by atoms with Crippen LogP contribution in [-0.2, 0) is 6.42 Å². The van der Waals surface area contributed by atoms with Gasteiger partial charge in [0.25, 0.3) is 0 Å². The van der Waals surface area contributed by atoms with Crippen molar-refractivity contribution in [1.82, 2.24) is 0 Å². The molecule has 14 heavy (non-hydrogen) atoms. The summed E-state index contributed by atoms with van der Waals surface area (Å²) in [5.41, 5.74) is 1.00. The molecule has 1 aromatic carbocycles. The number of aryl methyl sites for hydroxylation is 1. The normalized spacial score (nSPS) is 12.6. The van der Waals surface area contributed by atoms with E-state index in [1.807, 2.05) is 12.1 Å². The summed E-state index contributed by atoms with van der Waals surface area (Å²) in [5, 5.41) is 9.00. The lowest BCUT2D eigenvalue weighted by Crippen LogP contribution is -1.93. The molecule has 0 aliphatic carbocycles. The van der Waals surface area contributed by atoms with Crippen molar-refractivity contribution in [2.45, 2.75) is 12.8 Å². The molecule has 0 saturated carbocycles. The first-order valence-corrected chi connectivity index (χ1v) is 4.64. The van der Waals surface area contributed by atoms with Crippen molar-refractivity contribution in [3.8, 4) is 17.6 Å². The largest absolute Gasteiger partial charge is 0.454 e. The number of nitriles is 1. The van der Waals surface area contributed by atoms with Gasteiger partial charge in [-0.1, -0.05) is 11.6 Å². The highest BCUT2D eigenvalue weighted by atomic mass is 35.5. The molecule has 0 N–H and O–H groups in total. The smallest absolute Gasteiger partial charge is 0.231 e. The Kier molecular flexibility index (Phi) is 2.47. The summed E-state index contributed by atoms with van der Waals surface area (Å²) in [6.07, 6.45) is 1.17. The van der Waals surface area contributed by atoms with Gasteiger partial charge in [-0.15, -0.1) is 0 Å². The number of hydrogen-bond acceptors (Lipinski definition) is 3. The van der Waals surface area contributed by atoms with Gasteiger partial charge >= 0.3 is 0 Å². The molecule has 2 rings (SSSR count). The van der Waals surface area contributed by atoms with E-state index in [1.165, 1.54) is 0 Å². The first kappa shape index (κ1) is 9.17. The van der Waals surface area contributed by atoms with Gasteiger partial charge in [0.2, 0.25) is 6.79 Å². The first-order chi connectivity index (χ1) is 6.81. The lowest BCUT2D eigenvalue weighted by atomic mass is 10.1. The second kappa shape index (κ2) is 3.77. The van der Waals surface area contributed by atoms with E-state index in [9.17, 15) is 0 Å². The summed E-state index contributed by atoms with van der Waals surface area (Å²) in [6.45, 7) is 0.219. The Hall–Kier alpha value is -1.40. The fourth-order valence-corrected chi connectivity index (χ4v) is 1.65. The van der Waals surface area contributed by atoms with E-state index in [0.29, 0.717) is 29.4 Å². The zero-order chi connectivity index (χ0) is 9.97. The molecule has 0 bridgehead atoms. The third kappa shape index (κ3) is 1.61. The fourth-order valence-electron chi connectivity index (χ4n) is 1.37. The SMILES string of the molecule is N#CCCc1cc(Cl)c2c(c1)OCO2. The Bertz CT molecular complexity index is 398. The highest BCUT2D eigenvalue weighted by Crippen LogP contribution is 2.39. The van der Waals surface area contributed by atoms with Crippen LogP contribution in [0.25, 0.3) is 0 Å². The molecule has 0 unspecified atom stereocenters. The van der Waals surface area contributed by atoms with Gasteiger partial charge in [-0.2, -0.15) is 5.26 Å². The van der Waals surface area contributed by atoms with Crippen LogP contribution in [0.5, 0.6) is 11.5 Å². The summed E-state index contributed by atoms with van der Waals surface area (Å²) in [6, 6.07) is 5.77. The molecule has 0 amide bonds. The van der Waals surface area contributed by atoms with Crippen molar-refractivity contribution in [2.24, 2.45) is 0 Å². The van der Waals surface area contributed by atoms with E-state index in [4.69, 9.17) is 26.3 Å². The minimum atomic E-state index is 0.219. The Morgan fingerprint density at radius 1 is 1.43 bits per heavy atom. The van der Waals surface area contributed by atoms with Gasteiger partial charge in [-0.05, 0) is 24.1 Å².